The number of rotatable bonds is 8. The highest BCUT2D eigenvalue weighted by molar-refractivity contribution is 6.00. The number of hydrogen-bond acceptors (Lipinski definition) is 4. The third kappa shape index (κ3) is 6.49. The Balaban J connectivity index is 1.44. The van der Waals surface area contributed by atoms with Crippen molar-refractivity contribution in [3.8, 4) is 11.1 Å². The molecule has 0 saturated carbocycles. The van der Waals surface area contributed by atoms with Crippen molar-refractivity contribution < 1.29 is 14.7 Å². The molecule has 4 aromatic rings. The zero-order chi connectivity index (χ0) is 26.4. The summed E-state index contributed by atoms with van der Waals surface area (Å²) in [5, 5.41) is 18.8. The van der Waals surface area contributed by atoms with Crippen molar-refractivity contribution >= 4 is 23.4 Å². The number of urea groups is 1. The van der Waals surface area contributed by atoms with Crippen LogP contribution in [0.5, 0.6) is 0 Å². The Morgan fingerprint density at radius 1 is 0.946 bits per heavy atom. The summed E-state index contributed by atoms with van der Waals surface area (Å²) < 4.78 is 1.40. The van der Waals surface area contributed by atoms with Gasteiger partial charge in [-0.05, 0) is 59.4 Å². The smallest absolute Gasteiger partial charge is 0.323 e. The molecule has 37 heavy (non-hydrogen) atoms. The Labute approximate surface area is 214 Å². The fourth-order valence-corrected chi connectivity index (χ4v) is 4.02. The Morgan fingerprint density at radius 3 is 2.32 bits per heavy atom. The first-order chi connectivity index (χ1) is 17.8. The largest absolute Gasteiger partial charge is 0.481 e. The summed E-state index contributed by atoms with van der Waals surface area (Å²) in [5.74, 6) is -0.930. The molecule has 1 aromatic heterocycles. The molecule has 0 aliphatic heterocycles. The zero-order valence-corrected chi connectivity index (χ0v) is 20.6. The molecule has 0 aliphatic rings. The lowest BCUT2D eigenvalue weighted by Crippen LogP contribution is -2.24. The van der Waals surface area contributed by atoms with Crippen molar-refractivity contribution in [1.29, 1.82) is 0 Å². The number of carboxylic acid groups (broad SMARTS) is 1. The summed E-state index contributed by atoms with van der Waals surface area (Å²) in [6.45, 7) is 4.08. The van der Waals surface area contributed by atoms with Crippen molar-refractivity contribution in [2.24, 2.45) is 0 Å². The number of aryl methyl sites for hydroxylation is 1. The van der Waals surface area contributed by atoms with Crippen LogP contribution in [-0.2, 0) is 11.3 Å². The van der Waals surface area contributed by atoms with E-state index in [9.17, 15) is 14.4 Å². The molecule has 0 radical (unpaired) electrons. The molecular formula is C29H28N4O4. The van der Waals surface area contributed by atoms with E-state index in [2.05, 4.69) is 15.7 Å². The van der Waals surface area contributed by atoms with Crippen LogP contribution in [0.4, 0.5) is 16.2 Å². The predicted octanol–water partition coefficient (Wildman–Crippen LogP) is 5.49. The minimum absolute atomic E-state index is 0.0636. The first-order valence-corrected chi connectivity index (χ1v) is 11.9. The topological polar surface area (TPSA) is 113 Å². The number of aliphatic carboxylic acids is 1. The molecule has 0 fully saturated rings. The molecule has 1 heterocycles. The first kappa shape index (κ1) is 25.4. The number of carbonyl (C=O) groups excluding carboxylic acids is 1. The van der Waals surface area contributed by atoms with Crippen molar-refractivity contribution in [3.63, 3.8) is 0 Å². The summed E-state index contributed by atoms with van der Waals surface area (Å²) in [5.41, 5.74) is 5.09. The third-order valence-corrected chi connectivity index (χ3v) is 6.12. The number of carbonyl (C=O) groups is 2. The van der Waals surface area contributed by atoms with E-state index in [1.807, 2.05) is 62.4 Å². The summed E-state index contributed by atoms with van der Waals surface area (Å²) in [6.07, 6.45) is 1.65. The van der Waals surface area contributed by atoms with E-state index in [1.54, 1.807) is 36.5 Å². The lowest BCUT2D eigenvalue weighted by atomic mass is 9.97. The summed E-state index contributed by atoms with van der Waals surface area (Å²) in [7, 11) is 0. The van der Waals surface area contributed by atoms with Crippen LogP contribution in [0.1, 0.15) is 36.0 Å². The van der Waals surface area contributed by atoms with Gasteiger partial charge in [0.1, 0.15) is 0 Å². The number of benzene rings is 3. The second kappa shape index (κ2) is 11.3. The molecular weight excluding hydrogens is 468 g/mol. The van der Waals surface area contributed by atoms with Crippen LogP contribution in [0.15, 0.2) is 89.9 Å². The second-order valence-corrected chi connectivity index (χ2v) is 8.92. The average Bonchev–Trinajstić information content (AvgIpc) is 2.87. The highest BCUT2D eigenvalue weighted by atomic mass is 16.4. The Hall–Kier alpha value is -4.72. The first-order valence-electron chi connectivity index (χ1n) is 11.9. The van der Waals surface area contributed by atoms with Crippen LogP contribution in [0, 0.1) is 6.92 Å². The molecule has 1 atom stereocenters. The number of anilines is 2. The van der Waals surface area contributed by atoms with Gasteiger partial charge in [0.2, 0.25) is 0 Å². The van der Waals surface area contributed by atoms with Gasteiger partial charge in [-0.2, -0.15) is 5.10 Å². The Kier molecular flexibility index (Phi) is 7.78. The van der Waals surface area contributed by atoms with Crippen LogP contribution < -0.4 is 16.2 Å². The fraction of sp³-hybridized carbons (Fsp3) is 0.172. The number of carboxylic acids is 1. The number of aromatic nitrogens is 2. The SMILES string of the molecule is Cc1ccccc1NC(=O)Nc1ccc(-c2ccnn(Cc3ccc(C(C)CC(=O)O)cc3)c2=O)cc1. The Bertz CT molecular complexity index is 1460. The van der Waals surface area contributed by atoms with Gasteiger partial charge in [0, 0.05) is 17.6 Å². The highest BCUT2D eigenvalue weighted by Crippen LogP contribution is 2.21. The maximum Gasteiger partial charge on any atom is 0.323 e. The number of amides is 2. The third-order valence-electron chi connectivity index (χ3n) is 6.12. The van der Waals surface area contributed by atoms with E-state index in [0.717, 1.165) is 22.4 Å². The second-order valence-electron chi connectivity index (χ2n) is 8.92. The van der Waals surface area contributed by atoms with Gasteiger partial charge in [-0.15, -0.1) is 0 Å². The maximum atomic E-state index is 13.1. The summed E-state index contributed by atoms with van der Waals surface area (Å²) in [6, 6.07) is 23.4. The van der Waals surface area contributed by atoms with Gasteiger partial charge >= 0.3 is 12.0 Å². The molecule has 3 N–H and O–H groups in total. The number of para-hydroxylation sites is 1. The minimum Gasteiger partial charge on any atom is -0.481 e. The zero-order valence-electron chi connectivity index (χ0n) is 20.6. The van der Waals surface area contributed by atoms with E-state index < -0.39 is 5.97 Å². The highest BCUT2D eigenvalue weighted by Gasteiger charge is 2.12. The number of nitrogens with one attached hydrogen (secondary N) is 2. The molecule has 0 spiro atoms. The van der Waals surface area contributed by atoms with E-state index >= 15 is 0 Å². The van der Waals surface area contributed by atoms with Crippen molar-refractivity contribution in [2.45, 2.75) is 32.7 Å². The van der Waals surface area contributed by atoms with E-state index in [0.29, 0.717) is 23.4 Å². The van der Waals surface area contributed by atoms with Crippen LogP contribution in [0.25, 0.3) is 11.1 Å². The van der Waals surface area contributed by atoms with E-state index in [1.165, 1.54) is 4.68 Å². The van der Waals surface area contributed by atoms with Gasteiger partial charge in [0.05, 0.1) is 18.5 Å². The molecule has 0 bridgehead atoms. The normalized spacial score (nSPS) is 11.5. The average molecular weight is 497 g/mol. The van der Waals surface area contributed by atoms with Crippen LogP contribution >= 0.6 is 0 Å². The van der Waals surface area contributed by atoms with Gasteiger partial charge in [-0.25, -0.2) is 9.48 Å². The molecule has 8 nitrogen and oxygen atoms in total. The van der Waals surface area contributed by atoms with Gasteiger partial charge in [0.25, 0.3) is 5.56 Å². The van der Waals surface area contributed by atoms with Crippen molar-refractivity contribution in [1.82, 2.24) is 9.78 Å². The van der Waals surface area contributed by atoms with Crippen molar-refractivity contribution in [3.05, 3.63) is 112 Å². The standard InChI is InChI=1S/C29H28N4O4/c1-19-5-3-4-6-26(19)32-29(37)31-24-13-11-23(12-14-24)25-15-16-30-33(28(25)36)18-21-7-9-22(10-8-21)20(2)17-27(34)35/h3-16,20H,17-18H2,1-2H3,(H,34,35)(H2,31,32,37). The maximum absolute atomic E-state index is 13.1. The molecule has 1 unspecified atom stereocenters. The van der Waals surface area contributed by atoms with Gasteiger partial charge in [-0.1, -0.05) is 61.5 Å². The van der Waals surface area contributed by atoms with Crippen LogP contribution in [-0.4, -0.2) is 26.9 Å². The van der Waals surface area contributed by atoms with Gasteiger partial charge in [0.15, 0.2) is 0 Å². The molecule has 0 saturated heterocycles. The molecule has 188 valence electrons. The van der Waals surface area contributed by atoms with Gasteiger partial charge in [-0.3, -0.25) is 9.59 Å². The van der Waals surface area contributed by atoms with Crippen LogP contribution in [0.2, 0.25) is 0 Å². The van der Waals surface area contributed by atoms with Crippen molar-refractivity contribution in [2.75, 3.05) is 10.6 Å². The monoisotopic (exact) mass is 496 g/mol. The number of nitrogens with zero attached hydrogens (tertiary/aromatic N) is 2. The molecule has 0 aliphatic carbocycles. The lowest BCUT2D eigenvalue weighted by molar-refractivity contribution is -0.137. The van der Waals surface area contributed by atoms with E-state index in [4.69, 9.17) is 5.11 Å². The molecule has 8 heteroatoms. The quantitative estimate of drug-likeness (QED) is 0.299. The molecule has 3 aromatic carbocycles. The fourth-order valence-electron chi connectivity index (χ4n) is 4.02. The minimum atomic E-state index is -0.835. The van der Waals surface area contributed by atoms with Gasteiger partial charge < -0.3 is 15.7 Å². The lowest BCUT2D eigenvalue weighted by Gasteiger charge is -2.12. The molecule has 2 amide bonds. The summed E-state index contributed by atoms with van der Waals surface area (Å²) in [4.78, 5) is 36.4. The number of hydrogen-bond donors (Lipinski definition) is 3. The van der Waals surface area contributed by atoms with Crippen LogP contribution in [0.3, 0.4) is 0 Å². The van der Waals surface area contributed by atoms with E-state index in [-0.39, 0.29) is 23.9 Å². The summed E-state index contributed by atoms with van der Waals surface area (Å²) >= 11 is 0. The predicted molar refractivity (Wildman–Crippen MR) is 144 cm³/mol. The molecule has 4 rings (SSSR count). The Morgan fingerprint density at radius 2 is 1.65 bits per heavy atom.